The molecule has 5 rings (SSSR count). The molecule has 0 spiro atoms. The predicted molar refractivity (Wildman–Crippen MR) is 130 cm³/mol. The fourth-order valence-electron chi connectivity index (χ4n) is 11.7. The van der Waals surface area contributed by atoms with Crippen LogP contribution in [0.25, 0.3) is 0 Å². The first-order valence-electron chi connectivity index (χ1n) is 13.7. The van der Waals surface area contributed by atoms with Gasteiger partial charge in [0.2, 0.25) is 0 Å². The Bertz CT molecular complexity index is 783. The third-order valence-electron chi connectivity index (χ3n) is 13.6. The van der Waals surface area contributed by atoms with Gasteiger partial charge in [0, 0.05) is 23.7 Å². The Kier molecular flexibility index (Phi) is 4.70. The summed E-state index contributed by atoms with van der Waals surface area (Å²) in [5.74, 6) is 3.53. The number of fused-ring (bicyclic) bond motifs is 7. The van der Waals surface area contributed by atoms with E-state index in [4.69, 9.17) is 0 Å². The predicted octanol–water partition coefficient (Wildman–Crippen LogP) is 7.64. The van der Waals surface area contributed by atoms with Gasteiger partial charge in [-0.25, -0.2) is 0 Å². The normalized spacial score (nSPS) is 54.1. The van der Waals surface area contributed by atoms with Crippen molar-refractivity contribution in [1.29, 1.82) is 0 Å². The summed E-state index contributed by atoms with van der Waals surface area (Å²) in [6, 6.07) is 0. The lowest BCUT2D eigenvalue weighted by Crippen LogP contribution is -2.68. The van der Waals surface area contributed by atoms with E-state index in [1.807, 2.05) is 0 Å². The summed E-state index contributed by atoms with van der Waals surface area (Å²) in [4.78, 5) is 25.8. The summed E-state index contributed by atoms with van der Waals surface area (Å²) in [6.45, 7) is 19.5. The Morgan fingerprint density at radius 3 is 1.19 bits per heavy atom. The molecule has 0 N–H and O–H groups in total. The van der Waals surface area contributed by atoms with Gasteiger partial charge in [0.15, 0.2) is 0 Å². The van der Waals surface area contributed by atoms with Crippen molar-refractivity contribution in [2.75, 3.05) is 0 Å². The summed E-state index contributed by atoms with van der Waals surface area (Å²) in [6.07, 6.45) is 11.4. The van der Waals surface area contributed by atoms with Crippen molar-refractivity contribution in [3.05, 3.63) is 0 Å². The van der Waals surface area contributed by atoms with Crippen LogP contribution in [0.4, 0.5) is 0 Å². The van der Waals surface area contributed by atoms with Crippen LogP contribution in [0.15, 0.2) is 0 Å². The quantitative estimate of drug-likeness (QED) is 0.388. The third kappa shape index (κ3) is 2.49. The second kappa shape index (κ2) is 6.51. The Morgan fingerprint density at radius 1 is 0.500 bits per heavy atom. The molecule has 0 aromatic carbocycles. The molecule has 0 saturated heterocycles. The highest BCUT2D eigenvalue weighted by Gasteiger charge is 2.71. The number of Topliss-reactive ketones (excluding diaryl/α,β-unsaturated/α-hetero) is 2. The van der Waals surface area contributed by atoms with E-state index in [9.17, 15) is 9.59 Å². The van der Waals surface area contributed by atoms with Crippen LogP contribution in [-0.4, -0.2) is 11.6 Å². The molecule has 2 nitrogen and oxygen atoms in total. The topological polar surface area (TPSA) is 34.1 Å². The molecule has 2 heteroatoms. The van der Waals surface area contributed by atoms with Crippen molar-refractivity contribution in [2.45, 2.75) is 120 Å². The Labute approximate surface area is 197 Å². The maximum atomic E-state index is 12.9. The average Bonchev–Trinajstić information content (AvgIpc) is 2.69. The molecule has 5 fully saturated rings. The van der Waals surface area contributed by atoms with Crippen LogP contribution in [0.5, 0.6) is 0 Å². The largest absolute Gasteiger partial charge is 0.299 e. The molecule has 0 unspecified atom stereocenters. The van der Waals surface area contributed by atoms with Crippen molar-refractivity contribution in [3.63, 3.8) is 0 Å². The van der Waals surface area contributed by atoms with Gasteiger partial charge in [0.25, 0.3) is 0 Å². The summed E-state index contributed by atoms with van der Waals surface area (Å²) >= 11 is 0. The molecular weight excluding hydrogens is 392 g/mol. The number of carbonyl (C=O) groups is 2. The first kappa shape index (κ1) is 23.1. The molecule has 180 valence electrons. The zero-order valence-electron chi connectivity index (χ0n) is 22.2. The molecule has 0 aliphatic heterocycles. The monoisotopic (exact) mass is 440 g/mol. The van der Waals surface area contributed by atoms with E-state index in [0.717, 1.165) is 37.5 Å². The number of carbonyl (C=O) groups excluding carboxylic acids is 2. The van der Waals surface area contributed by atoms with Gasteiger partial charge >= 0.3 is 0 Å². The summed E-state index contributed by atoms with van der Waals surface area (Å²) in [5.41, 5.74) is 0.942. The van der Waals surface area contributed by atoms with E-state index in [1.165, 1.54) is 38.5 Å². The Hall–Kier alpha value is -0.660. The zero-order valence-corrected chi connectivity index (χ0v) is 22.2. The molecule has 32 heavy (non-hydrogen) atoms. The summed E-state index contributed by atoms with van der Waals surface area (Å²) in [7, 11) is 0. The van der Waals surface area contributed by atoms with Gasteiger partial charge in [-0.15, -0.1) is 0 Å². The molecule has 0 bridgehead atoms. The maximum absolute atomic E-state index is 12.9. The van der Waals surface area contributed by atoms with E-state index in [1.54, 1.807) is 0 Å². The van der Waals surface area contributed by atoms with Crippen LogP contribution in [0, 0.1) is 56.2 Å². The molecule has 0 radical (unpaired) electrons. The maximum Gasteiger partial charge on any atom is 0.138 e. The van der Waals surface area contributed by atoms with Gasteiger partial charge in [0.05, 0.1) is 0 Å². The van der Waals surface area contributed by atoms with E-state index < -0.39 is 0 Å². The molecule has 0 amide bonds. The smallest absolute Gasteiger partial charge is 0.138 e. The number of hydrogen-bond donors (Lipinski definition) is 0. The Balaban J connectivity index is 1.55. The molecule has 5 aliphatic rings. The number of rotatable bonds is 0. The molecule has 0 heterocycles. The van der Waals surface area contributed by atoms with Crippen molar-refractivity contribution >= 4 is 11.6 Å². The average molecular weight is 441 g/mol. The molecule has 5 saturated carbocycles. The highest BCUT2D eigenvalue weighted by Crippen LogP contribution is 2.77. The van der Waals surface area contributed by atoms with Crippen LogP contribution in [0.2, 0.25) is 0 Å². The second-order valence-electron chi connectivity index (χ2n) is 15.0. The highest BCUT2D eigenvalue weighted by atomic mass is 16.1. The lowest BCUT2D eigenvalue weighted by atomic mass is 9.30. The second-order valence-corrected chi connectivity index (χ2v) is 15.0. The minimum absolute atomic E-state index is 0.163. The lowest BCUT2D eigenvalue weighted by Gasteiger charge is -2.74. The van der Waals surface area contributed by atoms with Crippen molar-refractivity contribution in [3.8, 4) is 0 Å². The van der Waals surface area contributed by atoms with Gasteiger partial charge < -0.3 is 0 Å². The molecule has 0 aromatic heterocycles. The van der Waals surface area contributed by atoms with Crippen LogP contribution in [-0.2, 0) is 9.59 Å². The highest BCUT2D eigenvalue weighted by molar-refractivity contribution is 5.86. The van der Waals surface area contributed by atoms with Crippen LogP contribution in [0.1, 0.15) is 120 Å². The van der Waals surface area contributed by atoms with Gasteiger partial charge in [-0.3, -0.25) is 9.59 Å². The first-order valence-corrected chi connectivity index (χ1v) is 13.7. The van der Waals surface area contributed by atoms with Crippen LogP contribution >= 0.6 is 0 Å². The number of ketones is 2. The lowest BCUT2D eigenvalue weighted by molar-refractivity contribution is -0.250. The van der Waals surface area contributed by atoms with E-state index in [2.05, 4.69) is 55.4 Å². The molecule has 0 aromatic rings. The van der Waals surface area contributed by atoms with Gasteiger partial charge in [-0.1, -0.05) is 55.4 Å². The standard InChI is InChI=1S/C30H48O2/c1-25(2)19-11-17-29(7)21(27(19,5)15-13-23(25)31)9-10-22-28(6)16-14-24(32)26(3,4)20(28)12-18-30(22,29)8/h19-22H,9-18H2,1-8H3/t19-,20-,21+,22+,27-,28-,29+,30+/m0/s1. The fourth-order valence-corrected chi connectivity index (χ4v) is 11.7. The summed E-state index contributed by atoms with van der Waals surface area (Å²) in [5, 5.41) is 0. The van der Waals surface area contributed by atoms with Crippen molar-refractivity contribution < 1.29 is 9.59 Å². The van der Waals surface area contributed by atoms with Gasteiger partial charge in [-0.2, -0.15) is 0 Å². The zero-order chi connectivity index (χ0) is 23.5. The Morgan fingerprint density at radius 2 is 0.844 bits per heavy atom. The number of hydrogen-bond acceptors (Lipinski definition) is 2. The van der Waals surface area contributed by atoms with Gasteiger partial charge in [-0.05, 0) is 96.7 Å². The fraction of sp³-hybridized carbons (Fsp3) is 0.933. The van der Waals surface area contributed by atoms with Crippen LogP contribution < -0.4 is 0 Å². The van der Waals surface area contributed by atoms with Crippen molar-refractivity contribution in [2.24, 2.45) is 56.2 Å². The van der Waals surface area contributed by atoms with Gasteiger partial charge in [0.1, 0.15) is 11.6 Å². The molecule has 8 atom stereocenters. The third-order valence-corrected chi connectivity index (χ3v) is 13.6. The molecular formula is C30H48O2. The van der Waals surface area contributed by atoms with E-state index in [0.29, 0.717) is 34.2 Å². The van der Waals surface area contributed by atoms with Crippen LogP contribution in [0.3, 0.4) is 0 Å². The summed E-state index contributed by atoms with van der Waals surface area (Å²) < 4.78 is 0. The minimum atomic E-state index is -0.163. The van der Waals surface area contributed by atoms with E-state index >= 15 is 0 Å². The SMILES string of the molecule is CC1(C)C(=O)CC[C@]2(C)[C@H]3CC[C@@H]4[C@@]5(C)CCC(=O)C(C)(C)[C@@H]5CC[C@@]4(C)[C@]3(C)CC[C@@H]12. The van der Waals surface area contributed by atoms with E-state index in [-0.39, 0.29) is 21.7 Å². The molecule has 5 aliphatic carbocycles. The first-order chi connectivity index (χ1) is 14.7. The minimum Gasteiger partial charge on any atom is -0.299 e. The van der Waals surface area contributed by atoms with Crippen molar-refractivity contribution in [1.82, 2.24) is 0 Å².